The first-order valence-corrected chi connectivity index (χ1v) is 5.03. The fourth-order valence-corrected chi connectivity index (χ4v) is 1.44. The summed E-state index contributed by atoms with van der Waals surface area (Å²) in [5, 5.41) is 12.4. The van der Waals surface area contributed by atoms with Crippen molar-refractivity contribution >= 4 is 0 Å². The lowest BCUT2D eigenvalue weighted by Crippen LogP contribution is -2.38. The lowest BCUT2D eigenvalue weighted by Gasteiger charge is -2.21. The number of aromatic nitrogens is 1. The van der Waals surface area contributed by atoms with E-state index in [2.05, 4.69) is 10.3 Å². The predicted octanol–water partition coefficient (Wildman–Crippen LogP) is 0.739. The van der Waals surface area contributed by atoms with E-state index in [-0.39, 0.29) is 18.7 Å². The van der Waals surface area contributed by atoms with Crippen molar-refractivity contribution in [3.05, 3.63) is 30.1 Å². The van der Waals surface area contributed by atoms with E-state index in [1.165, 1.54) is 0 Å². The van der Waals surface area contributed by atoms with Gasteiger partial charge in [-0.25, -0.2) is 0 Å². The van der Waals surface area contributed by atoms with E-state index in [0.717, 1.165) is 5.56 Å². The molecule has 1 aromatic rings. The molecule has 15 heavy (non-hydrogen) atoms. The quantitative estimate of drug-likeness (QED) is 0.727. The summed E-state index contributed by atoms with van der Waals surface area (Å²) in [4.78, 5) is 4.05. The van der Waals surface area contributed by atoms with Crippen LogP contribution in [0.25, 0.3) is 0 Å². The molecule has 0 saturated heterocycles. The van der Waals surface area contributed by atoms with Gasteiger partial charge in [0, 0.05) is 25.5 Å². The molecular weight excluding hydrogens is 192 g/mol. The summed E-state index contributed by atoms with van der Waals surface area (Å²) in [5.41, 5.74) is 1.10. The summed E-state index contributed by atoms with van der Waals surface area (Å²) in [5.74, 6) is 0. The molecule has 0 aromatic carbocycles. The number of rotatable bonds is 6. The zero-order chi connectivity index (χ0) is 11.1. The Kier molecular flexibility index (Phi) is 5.25. The van der Waals surface area contributed by atoms with Crippen LogP contribution >= 0.6 is 0 Å². The van der Waals surface area contributed by atoms with E-state index in [0.29, 0.717) is 6.61 Å². The van der Waals surface area contributed by atoms with Crippen molar-refractivity contribution in [2.24, 2.45) is 0 Å². The van der Waals surface area contributed by atoms with Gasteiger partial charge in [0.1, 0.15) is 0 Å². The summed E-state index contributed by atoms with van der Waals surface area (Å²) in [6.07, 6.45) is 3.56. The minimum Gasteiger partial charge on any atom is -0.395 e. The third kappa shape index (κ3) is 3.95. The normalized spacial score (nSPS) is 14.9. The Hall–Kier alpha value is -0.970. The van der Waals surface area contributed by atoms with Gasteiger partial charge in [-0.05, 0) is 18.6 Å². The third-order valence-corrected chi connectivity index (χ3v) is 2.26. The van der Waals surface area contributed by atoms with Crippen molar-refractivity contribution in [1.82, 2.24) is 10.3 Å². The van der Waals surface area contributed by atoms with Crippen LogP contribution < -0.4 is 5.32 Å². The molecule has 1 aromatic heterocycles. The molecule has 4 heteroatoms. The van der Waals surface area contributed by atoms with Gasteiger partial charge < -0.3 is 15.2 Å². The molecule has 0 fully saturated rings. The van der Waals surface area contributed by atoms with Crippen LogP contribution in [0.15, 0.2) is 24.5 Å². The van der Waals surface area contributed by atoms with Crippen LogP contribution in [0.3, 0.4) is 0 Å². The number of nitrogens with one attached hydrogen (secondary N) is 1. The first-order valence-electron chi connectivity index (χ1n) is 5.03. The third-order valence-electron chi connectivity index (χ3n) is 2.26. The molecule has 1 heterocycles. The maximum atomic E-state index is 9.09. The van der Waals surface area contributed by atoms with Gasteiger partial charge in [0.25, 0.3) is 0 Å². The van der Waals surface area contributed by atoms with Crippen LogP contribution in [0.2, 0.25) is 0 Å². The summed E-state index contributed by atoms with van der Waals surface area (Å²) in [7, 11) is 1.62. The van der Waals surface area contributed by atoms with Crippen LogP contribution in [-0.4, -0.2) is 36.5 Å². The Morgan fingerprint density at radius 3 is 2.93 bits per heavy atom. The molecule has 2 atom stereocenters. The van der Waals surface area contributed by atoms with E-state index in [4.69, 9.17) is 9.84 Å². The lowest BCUT2D eigenvalue weighted by atomic mass is 10.1. The average Bonchev–Trinajstić information content (AvgIpc) is 2.29. The van der Waals surface area contributed by atoms with E-state index in [1.54, 1.807) is 13.3 Å². The van der Waals surface area contributed by atoms with Crippen LogP contribution in [0.5, 0.6) is 0 Å². The number of pyridine rings is 1. The molecule has 0 spiro atoms. The molecule has 1 rings (SSSR count). The molecule has 2 unspecified atom stereocenters. The maximum absolute atomic E-state index is 9.09. The summed E-state index contributed by atoms with van der Waals surface area (Å²) in [6, 6.07) is 4.03. The molecule has 0 bridgehead atoms. The van der Waals surface area contributed by atoms with Crippen molar-refractivity contribution in [2.75, 3.05) is 20.3 Å². The zero-order valence-electron chi connectivity index (χ0n) is 9.18. The monoisotopic (exact) mass is 210 g/mol. The molecule has 2 N–H and O–H groups in total. The second-order valence-electron chi connectivity index (χ2n) is 3.51. The van der Waals surface area contributed by atoms with Gasteiger partial charge in [0.05, 0.1) is 19.3 Å². The van der Waals surface area contributed by atoms with Gasteiger partial charge in [-0.3, -0.25) is 4.98 Å². The fourth-order valence-electron chi connectivity index (χ4n) is 1.44. The van der Waals surface area contributed by atoms with E-state index >= 15 is 0 Å². The van der Waals surface area contributed by atoms with Gasteiger partial charge in [0.2, 0.25) is 0 Å². The number of hydrogen-bond acceptors (Lipinski definition) is 4. The maximum Gasteiger partial charge on any atom is 0.0638 e. The van der Waals surface area contributed by atoms with Crippen LogP contribution in [0.4, 0.5) is 0 Å². The molecule has 0 aliphatic heterocycles. The highest BCUT2D eigenvalue weighted by Gasteiger charge is 2.11. The van der Waals surface area contributed by atoms with Crippen LogP contribution in [0.1, 0.15) is 18.5 Å². The minimum absolute atomic E-state index is 0.0368. The zero-order valence-corrected chi connectivity index (χ0v) is 9.18. The first kappa shape index (κ1) is 12.1. The second kappa shape index (κ2) is 6.50. The van der Waals surface area contributed by atoms with Gasteiger partial charge in [-0.15, -0.1) is 0 Å². The number of methoxy groups -OCH3 is 1. The highest BCUT2D eigenvalue weighted by molar-refractivity contribution is 5.12. The van der Waals surface area contributed by atoms with Crippen LogP contribution in [0, 0.1) is 0 Å². The van der Waals surface area contributed by atoms with Crippen molar-refractivity contribution in [3.8, 4) is 0 Å². The average molecular weight is 210 g/mol. The van der Waals surface area contributed by atoms with Crippen molar-refractivity contribution < 1.29 is 9.84 Å². The summed E-state index contributed by atoms with van der Waals surface area (Å²) in [6.45, 7) is 2.61. The molecule has 4 nitrogen and oxygen atoms in total. The second-order valence-corrected chi connectivity index (χ2v) is 3.51. The Bertz CT molecular complexity index is 267. The van der Waals surface area contributed by atoms with E-state index < -0.39 is 0 Å². The Labute approximate surface area is 90.3 Å². The Balaban J connectivity index is 2.50. The van der Waals surface area contributed by atoms with Gasteiger partial charge in [-0.2, -0.15) is 0 Å². The smallest absolute Gasteiger partial charge is 0.0638 e. The number of hydrogen-bond donors (Lipinski definition) is 2. The van der Waals surface area contributed by atoms with Crippen molar-refractivity contribution in [3.63, 3.8) is 0 Å². The molecule has 0 aliphatic rings. The van der Waals surface area contributed by atoms with Gasteiger partial charge in [-0.1, -0.05) is 6.07 Å². The van der Waals surface area contributed by atoms with Gasteiger partial charge >= 0.3 is 0 Å². The molecule has 0 saturated carbocycles. The SMILES string of the molecule is COCC(CO)NC(C)c1cccnc1. The summed E-state index contributed by atoms with van der Waals surface area (Å²) >= 11 is 0. The van der Waals surface area contributed by atoms with Gasteiger partial charge in [0.15, 0.2) is 0 Å². The van der Waals surface area contributed by atoms with Crippen molar-refractivity contribution in [1.29, 1.82) is 0 Å². The predicted molar refractivity (Wildman–Crippen MR) is 58.5 cm³/mol. The fraction of sp³-hybridized carbons (Fsp3) is 0.545. The topological polar surface area (TPSA) is 54.4 Å². The molecule has 0 amide bonds. The Morgan fingerprint density at radius 1 is 1.60 bits per heavy atom. The number of ether oxygens (including phenoxy) is 1. The van der Waals surface area contributed by atoms with Crippen LogP contribution in [-0.2, 0) is 4.74 Å². The van der Waals surface area contributed by atoms with E-state index in [9.17, 15) is 0 Å². The Morgan fingerprint density at radius 2 is 2.40 bits per heavy atom. The standard InChI is InChI=1S/C11H18N2O2/c1-9(10-4-3-5-12-6-10)13-11(7-14)8-15-2/h3-6,9,11,13-14H,7-8H2,1-2H3. The van der Waals surface area contributed by atoms with E-state index in [1.807, 2.05) is 25.3 Å². The highest BCUT2D eigenvalue weighted by atomic mass is 16.5. The minimum atomic E-state index is -0.0368. The molecule has 84 valence electrons. The number of aliphatic hydroxyl groups excluding tert-OH is 1. The van der Waals surface area contributed by atoms with Crippen molar-refractivity contribution in [2.45, 2.75) is 19.0 Å². The summed E-state index contributed by atoms with van der Waals surface area (Å²) < 4.78 is 4.99. The first-order chi connectivity index (χ1) is 7.27. The molecule has 0 aliphatic carbocycles. The molecule has 0 radical (unpaired) electrons. The largest absolute Gasteiger partial charge is 0.395 e. The number of aliphatic hydroxyl groups is 1. The highest BCUT2D eigenvalue weighted by Crippen LogP contribution is 2.10. The lowest BCUT2D eigenvalue weighted by molar-refractivity contribution is 0.123. The number of nitrogens with zero attached hydrogens (tertiary/aromatic N) is 1. The molecular formula is C11H18N2O2.